The Morgan fingerprint density at radius 1 is 1.22 bits per heavy atom. The fraction of sp³-hybridized carbons (Fsp3) is 0.0833. The molecule has 0 unspecified atom stereocenters. The summed E-state index contributed by atoms with van der Waals surface area (Å²) < 4.78 is 0. The van der Waals surface area contributed by atoms with E-state index in [1.807, 2.05) is 0 Å². The van der Waals surface area contributed by atoms with Gasteiger partial charge < -0.3 is 5.32 Å². The quantitative estimate of drug-likeness (QED) is 0.941. The van der Waals surface area contributed by atoms with E-state index in [1.54, 1.807) is 18.2 Å². The Balaban J connectivity index is 1.99. The maximum atomic E-state index is 11.7. The van der Waals surface area contributed by atoms with Gasteiger partial charge in [0.05, 0.1) is 16.2 Å². The summed E-state index contributed by atoms with van der Waals surface area (Å²) in [4.78, 5) is 19.4. The Morgan fingerprint density at radius 3 is 2.72 bits per heavy atom. The molecule has 1 aromatic carbocycles. The molecule has 92 valence electrons. The van der Waals surface area contributed by atoms with Gasteiger partial charge in [-0.05, 0) is 17.7 Å². The monoisotopic (exact) mass is 281 g/mol. The van der Waals surface area contributed by atoms with Gasteiger partial charge in [0.25, 0.3) is 5.91 Å². The summed E-state index contributed by atoms with van der Waals surface area (Å²) in [5.74, 6) is -0.283. The summed E-state index contributed by atoms with van der Waals surface area (Å²) in [6.07, 6.45) is 4.38. The summed E-state index contributed by atoms with van der Waals surface area (Å²) in [6.45, 7) is 0.353. The van der Waals surface area contributed by atoms with Crippen molar-refractivity contribution >= 4 is 29.1 Å². The molecule has 0 aliphatic heterocycles. The molecule has 0 fully saturated rings. The number of nitrogens with zero attached hydrogens (tertiary/aromatic N) is 2. The van der Waals surface area contributed by atoms with Gasteiger partial charge in [0.1, 0.15) is 5.69 Å². The minimum absolute atomic E-state index is 0.276. The molecule has 1 aromatic heterocycles. The molecule has 0 bridgehead atoms. The van der Waals surface area contributed by atoms with Gasteiger partial charge >= 0.3 is 0 Å². The lowest BCUT2D eigenvalue weighted by Crippen LogP contribution is -2.23. The van der Waals surface area contributed by atoms with Crippen LogP contribution in [-0.4, -0.2) is 15.9 Å². The Labute approximate surface area is 114 Å². The molecule has 1 heterocycles. The maximum absolute atomic E-state index is 11.7. The van der Waals surface area contributed by atoms with Gasteiger partial charge in [0.2, 0.25) is 0 Å². The molecule has 2 rings (SSSR count). The Hall–Kier alpha value is -1.65. The van der Waals surface area contributed by atoms with Crippen molar-refractivity contribution in [2.24, 2.45) is 0 Å². The van der Waals surface area contributed by atoms with E-state index in [4.69, 9.17) is 23.2 Å². The first-order chi connectivity index (χ1) is 8.66. The molecule has 0 spiro atoms. The highest BCUT2D eigenvalue weighted by atomic mass is 35.5. The van der Waals surface area contributed by atoms with Gasteiger partial charge in [-0.25, -0.2) is 4.98 Å². The molecular formula is C12H9Cl2N3O. The molecule has 4 nitrogen and oxygen atoms in total. The summed E-state index contributed by atoms with van der Waals surface area (Å²) in [5.41, 5.74) is 1.14. The smallest absolute Gasteiger partial charge is 0.271 e. The van der Waals surface area contributed by atoms with E-state index in [1.165, 1.54) is 18.6 Å². The highest BCUT2D eigenvalue weighted by Gasteiger charge is 2.06. The highest BCUT2D eigenvalue weighted by Crippen LogP contribution is 2.22. The van der Waals surface area contributed by atoms with E-state index in [-0.39, 0.29) is 11.6 Å². The Kier molecular flexibility index (Phi) is 4.12. The van der Waals surface area contributed by atoms with Crippen molar-refractivity contribution in [3.63, 3.8) is 0 Å². The number of rotatable bonds is 3. The molecule has 2 aromatic rings. The number of carbonyl (C=O) groups excluding carboxylic acids is 1. The number of hydrogen-bond acceptors (Lipinski definition) is 3. The number of amides is 1. The second-order valence-electron chi connectivity index (χ2n) is 3.52. The predicted molar refractivity (Wildman–Crippen MR) is 69.7 cm³/mol. The molecule has 0 aliphatic carbocycles. The van der Waals surface area contributed by atoms with E-state index in [0.717, 1.165) is 5.56 Å². The number of aromatic nitrogens is 2. The van der Waals surface area contributed by atoms with Crippen molar-refractivity contribution in [1.82, 2.24) is 15.3 Å². The molecule has 18 heavy (non-hydrogen) atoms. The standard InChI is InChI=1S/C12H9Cl2N3O/c13-9-2-1-8(5-10(9)14)6-17-12(18)11-7-15-3-4-16-11/h1-5,7H,6H2,(H,17,18). The van der Waals surface area contributed by atoms with Crippen LogP contribution in [0.4, 0.5) is 0 Å². The topological polar surface area (TPSA) is 54.9 Å². The number of halogens is 2. The third kappa shape index (κ3) is 3.18. The molecule has 6 heteroatoms. The van der Waals surface area contributed by atoms with Gasteiger partial charge in [0, 0.05) is 18.9 Å². The average Bonchev–Trinajstić information content (AvgIpc) is 2.41. The summed E-state index contributed by atoms with van der Waals surface area (Å²) >= 11 is 11.7. The first-order valence-corrected chi connectivity index (χ1v) is 5.90. The van der Waals surface area contributed by atoms with Crippen LogP contribution < -0.4 is 5.32 Å². The fourth-order valence-corrected chi connectivity index (χ4v) is 1.66. The lowest BCUT2D eigenvalue weighted by atomic mass is 10.2. The lowest BCUT2D eigenvalue weighted by molar-refractivity contribution is 0.0945. The summed E-state index contributed by atoms with van der Waals surface area (Å²) in [6, 6.07) is 5.19. The van der Waals surface area contributed by atoms with Crippen LogP contribution in [0.1, 0.15) is 16.1 Å². The average molecular weight is 282 g/mol. The zero-order chi connectivity index (χ0) is 13.0. The normalized spacial score (nSPS) is 10.1. The third-order valence-electron chi connectivity index (χ3n) is 2.23. The SMILES string of the molecule is O=C(NCc1ccc(Cl)c(Cl)c1)c1cnccn1. The van der Waals surface area contributed by atoms with E-state index in [9.17, 15) is 4.79 Å². The van der Waals surface area contributed by atoms with Crippen LogP contribution >= 0.6 is 23.2 Å². The first-order valence-electron chi connectivity index (χ1n) is 5.15. The van der Waals surface area contributed by atoms with Crippen LogP contribution in [0.5, 0.6) is 0 Å². The van der Waals surface area contributed by atoms with Crippen molar-refractivity contribution in [2.75, 3.05) is 0 Å². The molecule has 0 saturated heterocycles. The predicted octanol–water partition coefficient (Wildman–Crippen LogP) is 2.71. The number of nitrogens with one attached hydrogen (secondary N) is 1. The number of hydrogen-bond donors (Lipinski definition) is 1. The molecule has 1 amide bonds. The van der Waals surface area contributed by atoms with Crippen molar-refractivity contribution < 1.29 is 4.79 Å². The van der Waals surface area contributed by atoms with E-state index < -0.39 is 0 Å². The van der Waals surface area contributed by atoms with Crippen molar-refractivity contribution in [2.45, 2.75) is 6.54 Å². The third-order valence-corrected chi connectivity index (χ3v) is 2.97. The van der Waals surface area contributed by atoms with Crippen molar-refractivity contribution in [3.05, 3.63) is 58.1 Å². The largest absolute Gasteiger partial charge is 0.347 e. The van der Waals surface area contributed by atoms with Crippen molar-refractivity contribution in [3.8, 4) is 0 Å². The second kappa shape index (κ2) is 5.80. The second-order valence-corrected chi connectivity index (χ2v) is 4.34. The Bertz CT molecular complexity index is 561. The number of carbonyl (C=O) groups is 1. The van der Waals surface area contributed by atoms with Crippen molar-refractivity contribution in [1.29, 1.82) is 0 Å². The molecule has 0 saturated carbocycles. The number of benzene rings is 1. The zero-order valence-corrected chi connectivity index (χ0v) is 10.7. The fourth-order valence-electron chi connectivity index (χ4n) is 1.34. The zero-order valence-electron chi connectivity index (χ0n) is 9.23. The van der Waals surface area contributed by atoms with Crippen LogP contribution in [0.2, 0.25) is 10.0 Å². The van der Waals surface area contributed by atoms with Gasteiger partial charge in [-0.2, -0.15) is 0 Å². The minimum atomic E-state index is -0.283. The van der Waals surface area contributed by atoms with Gasteiger partial charge in [-0.15, -0.1) is 0 Å². The van der Waals surface area contributed by atoms with Gasteiger partial charge in [0.15, 0.2) is 0 Å². The van der Waals surface area contributed by atoms with Crippen LogP contribution in [0, 0.1) is 0 Å². The minimum Gasteiger partial charge on any atom is -0.347 e. The van der Waals surface area contributed by atoms with Crippen LogP contribution in [0.3, 0.4) is 0 Å². The molecule has 0 radical (unpaired) electrons. The molecular weight excluding hydrogens is 273 g/mol. The highest BCUT2D eigenvalue weighted by molar-refractivity contribution is 6.42. The maximum Gasteiger partial charge on any atom is 0.271 e. The van der Waals surface area contributed by atoms with E-state index in [2.05, 4.69) is 15.3 Å². The first kappa shape index (κ1) is 12.8. The van der Waals surface area contributed by atoms with Crippen LogP contribution in [0.15, 0.2) is 36.8 Å². The van der Waals surface area contributed by atoms with E-state index in [0.29, 0.717) is 16.6 Å². The van der Waals surface area contributed by atoms with Crippen LogP contribution in [0.25, 0.3) is 0 Å². The summed E-state index contributed by atoms with van der Waals surface area (Å²) in [7, 11) is 0. The van der Waals surface area contributed by atoms with Gasteiger partial charge in [-0.3, -0.25) is 9.78 Å². The molecule has 0 aliphatic rings. The lowest BCUT2D eigenvalue weighted by Gasteiger charge is -2.05. The van der Waals surface area contributed by atoms with E-state index >= 15 is 0 Å². The van der Waals surface area contributed by atoms with Crippen LogP contribution in [-0.2, 0) is 6.54 Å². The Morgan fingerprint density at radius 2 is 2.06 bits per heavy atom. The van der Waals surface area contributed by atoms with Gasteiger partial charge in [-0.1, -0.05) is 29.3 Å². The summed E-state index contributed by atoms with van der Waals surface area (Å²) in [5, 5.41) is 3.67. The molecule has 0 atom stereocenters. The molecule has 1 N–H and O–H groups in total.